The summed E-state index contributed by atoms with van der Waals surface area (Å²) in [5, 5.41) is 0. The lowest BCUT2D eigenvalue weighted by Crippen LogP contribution is -2.20. The lowest BCUT2D eigenvalue weighted by Gasteiger charge is -2.13. The molecule has 2 nitrogen and oxygen atoms in total. The molecule has 0 aromatic carbocycles. The average molecular weight is 138 g/mol. The minimum atomic E-state index is 0.0272. The fraction of sp³-hybridized carbons (Fsp3) is 0.500. The molecule has 0 saturated heterocycles. The third-order valence-corrected chi connectivity index (χ3v) is 1.54. The summed E-state index contributed by atoms with van der Waals surface area (Å²) in [7, 11) is 0. The maximum atomic E-state index is 11.1. The molecular formula is C8H10O2. The number of ketones is 2. The van der Waals surface area contributed by atoms with E-state index in [1.54, 1.807) is 0 Å². The van der Waals surface area contributed by atoms with Crippen LogP contribution in [-0.2, 0) is 9.59 Å². The second kappa shape index (κ2) is 2.37. The highest BCUT2D eigenvalue weighted by atomic mass is 16.1. The fourth-order valence-corrected chi connectivity index (χ4v) is 0.882. The summed E-state index contributed by atoms with van der Waals surface area (Å²) in [6.45, 7) is 3.68. The average Bonchev–Trinajstić information content (AvgIpc) is 1.79. The zero-order chi connectivity index (χ0) is 7.72. The standard InChI is InChI=1S/C8H10O2/c1-5(2)8(10)6-3-7(9)4-6/h3,5H,4H2,1-2H3. The van der Waals surface area contributed by atoms with E-state index in [1.807, 2.05) is 13.8 Å². The molecule has 0 heterocycles. The molecule has 0 saturated carbocycles. The summed E-state index contributed by atoms with van der Waals surface area (Å²) < 4.78 is 0. The van der Waals surface area contributed by atoms with Crippen molar-refractivity contribution in [2.24, 2.45) is 5.92 Å². The van der Waals surface area contributed by atoms with Crippen molar-refractivity contribution in [2.75, 3.05) is 0 Å². The van der Waals surface area contributed by atoms with Crippen molar-refractivity contribution in [1.29, 1.82) is 0 Å². The molecule has 1 aliphatic carbocycles. The van der Waals surface area contributed by atoms with Gasteiger partial charge in [0, 0.05) is 17.9 Å². The molecule has 2 heteroatoms. The highest BCUT2D eigenvalue weighted by Crippen LogP contribution is 2.18. The van der Waals surface area contributed by atoms with Crippen LogP contribution in [0.1, 0.15) is 20.3 Å². The van der Waals surface area contributed by atoms with Crippen molar-refractivity contribution < 1.29 is 9.59 Å². The second-order valence-electron chi connectivity index (χ2n) is 2.83. The van der Waals surface area contributed by atoms with Gasteiger partial charge >= 0.3 is 0 Å². The Morgan fingerprint density at radius 1 is 1.60 bits per heavy atom. The topological polar surface area (TPSA) is 34.1 Å². The largest absolute Gasteiger partial charge is 0.294 e. The minimum Gasteiger partial charge on any atom is -0.294 e. The number of allylic oxidation sites excluding steroid dienone is 2. The predicted octanol–water partition coefficient (Wildman–Crippen LogP) is 1.11. The van der Waals surface area contributed by atoms with Crippen LogP contribution in [0.15, 0.2) is 11.6 Å². The molecule has 0 bridgehead atoms. The monoisotopic (exact) mass is 138 g/mol. The van der Waals surface area contributed by atoms with Crippen LogP contribution < -0.4 is 0 Å². The molecule has 0 aromatic heterocycles. The molecule has 0 unspecified atom stereocenters. The summed E-state index contributed by atoms with van der Waals surface area (Å²) in [6, 6.07) is 0. The van der Waals surface area contributed by atoms with Crippen molar-refractivity contribution in [1.82, 2.24) is 0 Å². The van der Waals surface area contributed by atoms with E-state index >= 15 is 0 Å². The molecule has 1 rings (SSSR count). The highest BCUT2D eigenvalue weighted by Gasteiger charge is 2.23. The van der Waals surface area contributed by atoms with E-state index in [9.17, 15) is 9.59 Å². The van der Waals surface area contributed by atoms with E-state index in [4.69, 9.17) is 0 Å². The van der Waals surface area contributed by atoms with Gasteiger partial charge in [0.1, 0.15) is 0 Å². The van der Waals surface area contributed by atoms with E-state index in [-0.39, 0.29) is 17.5 Å². The zero-order valence-corrected chi connectivity index (χ0v) is 6.18. The second-order valence-corrected chi connectivity index (χ2v) is 2.83. The van der Waals surface area contributed by atoms with Crippen LogP contribution in [0.2, 0.25) is 0 Å². The van der Waals surface area contributed by atoms with Gasteiger partial charge in [0.25, 0.3) is 0 Å². The first kappa shape index (κ1) is 7.19. The Morgan fingerprint density at radius 3 is 2.40 bits per heavy atom. The first-order valence-electron chi connectivity index (χ1n) is 3.39. The molecule has 0 N–H and O–H groups in total. The lowest BCUT2D eigenvalue weighted by atomic mass is 9.89. The van der Waals surface area contributed by atoms with Gasteiger partial charge in [-0.05, 0) is 6.08 Å². The third-order valence-electron chi connectivity index (χ3n) is 1.54. The number of hydrogen-bond donors (Lipinski definition) is 0. The maximum absolute atomic E-state index is 11.1. The van der Waals surface area contributed by atoms with Gasteiger partial charge in [0.2, 0.25) is 0 Å². The fourth-order valence-electron chi connectivity index (χ4n) is 0.882. The molecule has 0 spiro atoms. The normalized spacial score (nSPS) is 16.7. The molecule has 0 radical (unpaired) electrons. The summed E-state index contributed by atoms with van der Waals surface area (Å²) in [5.41, 5.74) is 0.694. The lowest BCUT2D eigenvalue weighted by molar-refractivity contribution is -0.122. The summed E-state index contributed by atoms with van der Waals surface area (Å²) in [5.74, 6) is 0.211. The van der Waals surface area contributed by atoms with Gasteiger partial charge in [-0.3, -0.25) is 9.59 Å². The van der Waals surface area contributed by atoms with Crippen LogP contribution in [0, 0.1) is 5.92 Å². The zero-order valence-electron chi connectivity index (χ0n) is 6.18. The Morgan fingerprint density at radius 2 is 2.10 bits per heavy atom. The Labute approximate surface area is 59.9 Å². The Bertz CT molecular complexity index is 211. The molecular weight excluding hydrogens is 128 g/mol. The number of carbonyl (C=O) groups excluding carboxylic acids is 2. The maximum Gasteiger partial charge on any atom is 0.161 e. The van der Waals surface area contributed by atoms with Crippen molar-refractivity contribution >= 4 is 11.6 Å². The summed E-state index contributed by atoms with van der Waals surface area (Å²) in [4.78, 5) is 21.5. The van der Waals surface area contributed by atoms with Crippen LogP contribution in [0.3, 0.4) is 0 Å². The quantitative estimate of drug-likeness (QED) is 0.572. The first-order chi connectivity index (χ1) is 4.61. The molecule has 1 aliphatic rings. The van der Waals surface area contributed by atoms with Crippen LogP contribution >= 0.6 is 0 Å². The van der Waals surface area contributed by atoms with E-state index in [0.717, 1.165) is 0 Å². The molecule has 0 amide bonds. The van der Waals surface area contributed by atoms with Gasteiger partial charge in [0.05, 0.1) is 0 Å². The Balaban J connectivity index is 2.61. The molecule has 0 aliphatic heterocycles. The highest BCUT2D eigenvalue weighted by molar-refractivity contribution is 6.13. The molecule has 0 fully saturated rings. The van der Waals surface area contributed by atoms with Crippen LogP contribution in [0.25, 0.3) is 0 Å². The van der Waals surface area contributed by atoms with E-state index in [0.29, 0.717) is 12.0 Å². The van der Waals surface area contributed by atoms with Crippen molar-refractivity contribution in [3.8, 4) is 0 Å². The van der Waals surface area contributed by atoms with Crippen LogP contribution in [0.5, 0.6) is 0 Å². The van der Waals surface area contributed by atoms with E-state index < -0.39 is 0 Å². The van der Waals surface area contributed by atoms with Crippen LogP contribution in [0.4, 0.5) is 0 Å². The van der Waals surface area contributed by atoms with Gasteiger partial charge in [-0.15, -0.1) is 0 Å². The van der Waals surface area contributed by atoms with Crippen molar-refractivity contribution in [3.63, 3.8) is 0 Å². The number of hydrogen-bond acceptors (Lipinski definition) is 2. The summed E-state index contributed by atoms with van der Waals surface area (Å²) in [6.07, 6.45) is 1.79. The minimum absolute atomic E-state index is 0.0272. The SMILES string of the molecule is CC(C)C(=O)C1=CC(=O)C1. The molecule has 0 aromatic rings. The van der Waals surface area contributed by atoms with Gasteiger partial charge in [0.15, 0.2) is 11.6 Å². The van der Waals surface area contributed by atoms with Gasteiger partial charge in [-0.2, -0.15) is 0 Å². The molecule has 10 heavy (non-hydrogen) atoms. The van der Waals surface area contributed by atoms with Crippen molar-refractivity contribution in [3.05, 3.63) is 11.6 Å². The smallest absolute Gasteiger partial charge is 0.161 e. The number of rotatable bonds is 2. The Hall–Kier alpha value is -0.920. The van der Waals surface area contributed by atoms with Crippen molar-refractivity contribution in [2.45, 2.75) is 20.3 Å². The molecule has 0 atom stereocenters. The Kier molecular flexibility index (Phi) is 1.70. The molecule has 54 valence electrons. The summed E-state index contributed by atoms with van der Waals surface area (Å²) >= 11 is 0. The predicted molar refractivity (Wildman–Crippen MR) is 37.6 cm³/mol. The van der Waals surface area contributed by atoms with Crippen LogP contribution in [-0.4, -0.2) is 11.6 Å². The number of carbonyl (C=O) groups is 2. The van der Waals surface area contributed by atoms with Gasteiger partial charge < -0.3 is 0 Å². The van der Waals surface area contributed by atoms with E-state index in [1.165, 1.54) is 6.08 Å². The third kappa shape index (κ3) is 1.15. The van der Waals surface area contributed by atoms with Gasteiger partial charge in [-0.1, -0.05) is 13.8 Å². The number of Topliss-reactive ketones (excluding diaryl/α,β-unsaturated/α-hetero) is 1. The first-order valence-corrected chi connectivity index (χ1v) is 3.39. The van der Waals surface area contributed by atoms with E-state index in [2.05, 4.69) is 0 Å². The van der Waals surface area contributed by atoms with Gasteiger partial charge in [-0.25, -0.2) is 0 Å².